The molecule has 2 atom stereocenters. The largest absolute Gasteiger partial charge is 0.444 e. The average Bonchev–Trinajstić information content (AvgIpc) is 2.71. The summed E-state index contributed by atoms with van der Waals surface area (Å²) in [4.78, 5) is 37.4. The molecule has 0 radical (unpaired) electrons. The van der Waals surface area contributed by atoms with Gasteiger partial charge in [-0.3, -0.25) is 14.3 Å². The summed E-state index contributed by atoms with van der Waals surface area (Å²) in [5.41, 5.74) is 0.529. The molecule has 2 aromatic carbocycles. The van der Waals surface area contributed by atoms with Crippen LogP contribution in [0.25, 0.3) is 0 Å². The third-order valence-electron chi connectivity index (χ3n) is 3.75. The molecule has 148 valence electrons. The Morgan fingerprint density at radius 3 is 2.29 bits per heavy atom. The van der Waals surface area contributed by atoms with Gasteiger partial charge in [0.25, 0.3) is 5.91 Å². The molecule has 0 heterocycles. The van der Waals surface area contributed by atoms with Crippen molar-refractivity contribution in [1.82, 2.24) is 10.6 Å². The molecule has 0 fully saturated rings. The van der Waals surface area contributed by atoms with Gasteiger partial charge in [0.05, 0.1) is 21.3 Å². The smallest absolute Gasteiger partial charge is 0.340 e. The van der Waals surface area contributed by atoms with Gasteiger partial charge in [-0.15, -0.1) is 0 Å². The van der Waals surface area contributed by atoms with Crippen LogP contribution < -0.4 is 10.6 Å². The number of esters is 1. The summed E-state index contributed by atoms with van der Waals surface area (Å²) in [6.07, 6.45) is -1.33. The van der Waals surface area contributed by atoms with Gasteiger partial charge < -0.3 is 10.1 Å². The second kappa shape index (κ2) is 10.4. The first kappa shape index (κ1) is 21.3. The molecule has 0 unspecified atom stereocenters. The number of amides is 3. The second-order valence-corrected chi connectivity index (χ2v) is 7.38. The van der Waals surface area contributed by atoms with E-state index in [1.54, 1.807) is 62.4 Å². The van der Waals surface area contributed by atoms with Crippen molar-refractivity contribution in [3.63, 3.8) is 0 Å². The van der Waals surface area contributed by atoms with Crippen LogP contribution in [0, 0.1) is 0 Å². The summed E-state index contributed by atoms with van der Waals surface area (Å²) in [7, 11) is -1.37. The van der Waals surface area contributed by atoms with Crippen molar-refractivity contribution >= 4 is 28.7 Å². The normalized spacial score (nSPS) is 12.5. The number of hydrogen-bond donors (Lipinski definition) is 2. The quantitative estimate of drug-likeness (QED) is 0.693. The van der Waals surface area contributed by atoms with Gasteiger partial charge in [-0.1, -0.05) is 49.4 Å². The molecule has 0 aromatic heterocycles. The fraction of sp³-hybridized carbons (Fsp3) is 0.250. The highest BCUT2D eigenvalue weighted by atomic mass is 32.2. The number of benzene rings is 2. The maximum absolute atomic E-state index is 12.7. The van der Waals surface area contributed by atoms with Crippen molar-refractivity contribution < 1.29 is 23.3 Å². The highest BCUT2D eigenvalue weighted by molar-refractivity contribution is 7.85. The van der Waals surface area contributed by atoms with E-state index in [0.717, 1.165) is 0 Å². The van der Waals surface area contributed by atoms with Gasteiger partial charge in [0, 0.05) is 17.9 Å². The Kier molecular flexibility index (Phi) is 7.88. The number of urea groups is 1. The Labute approximate surface area is 165 Å². The van der Waals surface area contributed by atoms with Gasteiger partial charge in [0.2, 0.25) is 6.10 Å². The highest BCUT2D eigenvalue weighted by Crippen LogP contribution is 2.22. The predicted molar refractivity (Wildman–Crippen MR) is 105 cm³/mol. The molecule has 0 bridgehead atoms. The van der Waals surface area contributed by atoms with Crippen LogP contribution in [-0.4, -0.2) is 34.4 Å². The van der Waals surface area contributed by atoms with Crippen LogP contribution in [0.5, 0.6) is 0 Å². The van der Waals surface area contributed by atoms with E-state index in [0.29, 0.717) is 22.8 Å². The summed E-state index contributed by atoms with van der Waals surface area (Å²) in [5, 5.41) is 4.61. The number of rotatable bonds is 7. The van der Waals surface area contributed by atoms with Gasteiger partial charge in [0.1, 0.15) is 0 Å². The molecule has 3 amide bonds. The van der Waals surface area contributed by atoms with E-state index in [4.69, 9.17) is 4.74 Å². The van der Waals surface area contributed by atoms with E-state index >= 15 is 0 Å². The molecule has 0 saturated heterocycles. The Morgan fingerprint density at radius 2 is 1.64 bits per heavy atom. The summed E-state index contributed by atoms with van der Waals surface area (Å²) < 4.78 is 17.7. The van der Waals surface area contributed by atoms with Crippen LogP contribution in [0.1, 0.15) is 35.9 Å². The molecule has 2 aromatic rings. The number of hydrogen-bond acceptors (Lipinski definition) is 5. The fourth-order valence-electron chi connectivity index (χ4n) is 2.44. The zero-order valence-corrected chi connectivity index (χ0v) is 16.5. The molecule has 0 aliphatic rings. The summed E-state index contributed by atoms with van der Waals surface area (Å²) >= 11 is 0. The zero-order valence-electron chi connectivity index (χ0n) is 15.6. The van der Waals surface area contributed by atoms with Crippen LogP contribution >= 0.6 is 0 Å². The molecule has 0 spiro atoms. The van der Waals surface area contributed by atoms with Crippen molar-refractivity contribution in [1.29, 1.82) is 0 Å². The van der Waals surface area contributed by atoms with E-state index < -0.39 is 34.8 Å². The SMILES string of the molecule is CCNC(=O)NC(=O)[C@@H](OC(=O)c1ccccc1[S@](=O)CC)c1ccccc1. The van der Waals surface area contributed by atoms with Crippen LogP contribution in [0.4, 0.5) is 4.79 Å². The lowest BCUT2D eigenvalue weighted by atomic mass is 10.1. The Bertz CT molecular complexity index is 870. The number of nitrogens with one attached hydrogen (secondary N) is 2. The Balaban J connectivity index is 2.31. The maximum atomic E-state index is 12.7. The van der Waals surface area contributed by atoms with Gasteiger partial charge >= 0.3 is 12.0 Å². The molecule has 2 N–H and O–H groups in total. The van der Waals surface area contributed by atoms with Crippen molar-refractivity contribution in [3.05, 3.63) is 65.7 Å². The molecule has 2 rings (SSSR count). The average molecular weight is 402 g/mol. The number of carbonyl (C=O) groups excluding carboxylic acids is 3. The number of carbonyl (C=O) groups is 3. The van der Waals surface area contributed by atoms with E-state index in [1.807, 2.05) is 0 Å². The number of ether oxygens (including phenoxy) is 1. The lowest BCUT2D eigenvalue weighted by molar-refractivity contribution is -0.129. The van der Waals surface area contributed by atoms with E-state index in [2.05, 4.69) is 10.6 Å². The van der Waals surface area contributed by atoms with Crippen LogP contribution in [0.15, 0.2) is 59.5 Å². The molecular formula is C20H22N2O5S. The third-order valence-corrected chi connectivity index (χ3v) is 5.12. The van der Waals surface area contributed by atoms with E-state index in [1.165, 1.54) is 6.07 Å². The van der Waals surface area contributed by atoms with E-state index in [-0.39, 0.29) is 5.56 Å². The topological polar surface area (TPSA) is 102 Å². The Morgan fingerprint density at radius 1 is 1.00 bits per heavy atom. The monoisotopic (exact) mass is 402 g/mol. The van der Waals surface area contributed by atoms with Gasteiger partial charge in [-0.05, 0) is 19.1 Å². The first-order valence-corrected chi connectivity index (χ1v) is 10.1. The maximum Gasteiger partial charge on any atom is 0.340 e. The molecule has 28 heavy (non-hydrogen) atoms. The van der Waals surface area contributed by atoms with Crippen LogP contribution in [0.3, 0.4) is 0 Å². The third kappa shape index (κ3) is 5.50. The van der Waals surface area contributed by atoms with Crippen LogP contribution in [0.2, 0.25) is 0 Å². The summed E-state index contributed by atoms with van der Waals surface area (Å²) in [6, 6.07) is 14.1. The van der Waals surface area contributed by atoms with Gasteiger partial charge in [-0.25, -0.2) is 9.59 Å². The molecule has 8 heteroatoms. The van der Waals surface area contributed by atoms with E-state index in [9.17, 15) is 18.6 Å². The summed E-state index contributed by atoms with van der Waals surface area (Å²) in [6.45, 7) is 3.79. The molecule has 0 aliphatic carbocycles. The minimum atomic E-state index is -1.37. The van der Waals surface area contributed by atoms with Crippen molar-refractivity contribution in [2.75, 3.05) is 12.3 Å². The number of imide groups is 1. The summed E-state index contributed by atoms with van der Waals surface area (Å²) in [5.74, 6) is -1.23. The molecular weight excluding hydrogens is 380 g/mol. The lowest BCUT2D eigenvalue weighted by Gasteiger charge is -2.18. The first-order valence-electron chi connectivity index (χ1n) is 8.79. The second-order valence-electron chi connectivity index (χ2n) is 5.68. The predicted octanol–water partition coefficient (Wildman–Crippen LogP) is 2.56. The molecule has 7 nitrogen and oxygen atoms in total. The molecule has 0 aliphatic heterocycles. The van der Waals surface area contributed by atoms with Crippen molar-refractivity contribution in [3.8, 4) is 0 Å². The minimum Gasteiger partial charge on any atom is -0.444 e. The van der Waals surface area contributed by atoms with Crippen LogP contribution in [-0.2, 0) is 20.3 Å². The molecule has 0 saturated carbocycles. The van der Waals surface area contributed by atoms with Gasteiger partial charge in [0.15, 0.2) is 0 Å². The standard InChI is InChI=1S/C20H22N2O5S/c1-3-21-20(25)22-18(23)17(14-10-6-5-7-11-14)27-19(24)15-12-8-9-13-16(15)28(26)4-2/h5-13,17H,3-4H2,1-2H3,(H2,21,22,23,25)/t17-,28+/m0/s1. The fourth-order valence-corrected chi connectivity index (χ4v) is 3.38. The minimum absolute atomic E-state index is 0.120. The van der Waals surface area contributed by atoms with Gasteiger partial charge in [-0.2, -0.15) is 0 Å². The Hall–Kier alpha value is -3.00. The first-order chi connectivity index (χ1) is 13.5. The highest BCUT2D eigenvalue weighted by Gasteiger charge is 2.28. The zero-order chi connectivity index (χ0) is 20.5. The van der Waals surface area contributed by atoms with Crippen molar-refractivity contribution in [2.45, 2.75) is 24.8 Å². The van der Waals surface area contributed by atoms with Crippen molar-refractivity contribution in [2.24, 2.45) is 0 Å². The lowest BCUT2D eigenvalue weighted by Crippen LogP contribution is -2.42.